The molecule has 15 nitrogen and oxygen atoms in total. The van der Waals surface area contributed by atoms with Gasteiger partial charge in [-0.25, -0.2) is 0 Å². The second-order valence-electron chi connectivity index (χ2n) is 24.7. The van der Waals surface area contributed by atoms with Crippen LogP contribution in [0.1, 0.15) is 151 Å². The van der Waals surface area contributed by atoms with Crippen LogP contribution >= 0.6 is 21.6 Å². The highest BCUT2D eigenvalue weighted by molar-refractivity contribution is 8.76. The predicted molar refractivity (Wildman–Crippen MR) is 315 cm³/mol. The second kappa shape index (κ2) is 29.5. The maximum atomic E-state index is 13.7. The number of carbonyl (C=O) groups excluding carboxylic acids is 1. The summed E-state index contributed by atoms with van der Waals surface area (Å²) < 4.78 is 30.1. The molecule has 1 amide bonds. The molecule has 4 fully saturated rings. The Kier molecular flexibility index (Phi) is 22.5. The van der Waals surface area contributed by atoms with Crippen LogP contribution in [0.3, 0.4) is 0 Å². The van der Waals surface area contributed by atoms with Crippen LogP contribution in [0, 0.1) is 76.4 Å². The number of hydrogen-bond acceptors (Lipinski definition) is 16. The zero-order valence-corrected chi connectivity index (χ0v) is 49.7. The van der Waals surface area contributed by atoms with E-state index in [-0.39, 0.29) is 101 Å². The standard InChI is InChI=1S/C64H92N2O13S2/c1-39-14-17-44-18-21-53(69)61-48(63(74)66-52(61)13-8-26-77-45-10-5-4-6-11-45)12-7-9-40-22-24-64(44,34-39)51-31-47(20-16-43(51)36-65-35-40)79-57-30-42-15-19-46(78-38-68)32-54(70)50(27-41-28-58(75-2)62(73)59(29-41)76-3)56(72)37-80-81-60(23-25-67)49(42)33-55(57)71/h28-30,33,39-40,43-48,50-54,56,60-61,65,67-73H,4-6,8-11,13-21,23,25-27,31-32,34-38H2,1-3H3,(H,66,74). The number of aromatic hydroxyl groups is 2. The summed E-state index contributed by atoms with van der Waals surface area (Å²) >= 11 is 0. The van der Waals surface area contributed by atoms with Gasteiger partial charge >= 0.3 is 0 Å². The summed E-state index contributed by atoms with van der Waals surface area (Å²) in [5.41, 5.74) is 2.09. The van der Waals surface area contributed by atoms with Crippen LogP contribution in [0.4, 0.5) is 0 Å². The number of rotatable bonds is 15. The number of aliphatic hydroxyl groups is 5. The first kappa shape index (κ1) is 62.0. The van der Waals surface area contributed by atoms with E-state index in [4.69, 9.17) is 23.7 Å². The number of phenols is 2. The third-order valence-electron chi connectivity index (χ3n) is 19.4. The van der Waals surface area contributed by atoms with Crippen LogP contribution < -0.4 is 24.8 Å². The number of aryl methyl sites for hydroxylation is 1. The fourth-order valence-corrected chi connectivity index (χ4v) is 18.1. The van der Waals surface area contributed by atoms with Crippen molar-refractivity contribution < 1.29 is 64.2 Å². The first-order valence-electron chi connectivity index (χ1n) is 30.6. The van der Waals surface area contributed by atoms with E-state index in [1.54, 1.807) is 18.2 Å². The van der Waals surface area contributed by atoms with Gasteiger partial charge < -0.3 is 70.1 Å². The number of aliphatic hydroxyl groups excluding tert-OH is 5. The Bertz CT molecular complexity index is 2480. The highest BCUT2D eigenvalue weighted by atomic mass is 33.1. The van der Waals surface area contributed by atoms with Crippen molar-refractivity contribution in [2.24, 2.45) is 52.8 Å². The summed E-state index contributed by atoms with van der Waals surface area (Å²) in [7, 11) is 5.84. The average Bonchev–Trinajstić information content (AvgIpc) is 4.04. The maximum absolute atomic E-state index is 13.7. The number of nitrogens with one attached hydrogen (secondary N) is 2. The molecule has 9 N–H and O–H groups in total. The maximum Gasteiger partial charge on any atom is 0.235 e. The van der Waals surface area contributed by atoms with Gasteiger partial charge in [-0.3, -0.25) is 4.79 Å². The van der Waals surface area contributed by atoms with Crippen molar-refractivity contribution in [1.82, 2.24) is 10.6 Å². The SMILES string of the molecule is COc1cc(CC2C(O)CSSC(CCO)c3cc(O)c(OC4CCC5CNCC6C#CC7(CC(C)CCC7CCC(O)C7C(CCCOC8CCCCC8)NC(=O)C7C#CC6)C5C4)cc3CCC(OCO)CC2O)cc(OC)c1O. The van der Waals surface area contributed by atoms with E-state index < -0.39 is 43.0 Å². The number of amides is 1. The van der Waals surface area contributed by atoms with Gasteiger partial charge in [0.1, 0.15) is 12.7 Å². The zero-order valence-electron chi connectivity index (χ0n) is 48.0. The number of hydrogen-bond donors (Lipinski definition) is 9. The molecule has 1 saturated heterocycles. The lowest BCUT2D eigenvalue weighted by Crippen LogP contribution is -2.50. The van der Waals surface area contributed by atoms with Crippen molar-refractivity contribution in [2.75, 3.05) is 53.1 Å². The number of benzene rings is 2. The molecule has 448 valence electrons. The van der Waals surface area contributed by atoms with Crippen molar-refractivity contribution >= 4 is 27.5 Å². The van der Waals surface area contributed by atoms with E-state index in [1.165, 1.54) is 55.1 Å². The van der Waals surface area contributed by atoms with Crippen LogP contribution in [0.5, 0.6) is 28.7 Å². The van der Waals surface area contributed by atoms with Crippen molar-refractivity contribution in [3.05, 3.63) is 41.0 Å². The van der Waals surface area contributed by atoms with Gasteiger partial charge in [-0.15, -0.1) is 5.92 Å². The molecule has 3 aliphatic heterocycles. The van der Waals surface area contributed by atoms with E-state index >= 15 is 0 Å². The molecule has 1 spiro atoms. The fourth-order valence-electron chi connectivity index (χ4n) is 15.2. The second-order valence-corrected chi connectivity index (χ2v) is 27.3. The summed E-state index contributed by atoms with van der Waals surface area (Å²) in [6, 6.07) is 6.88. The minimum absolute atomic E-state index is 0.0127. The largest absolute Gasteiger partial charge is 0.504 e. The number of ether oxygens (including phenoxy) is 5. The average molecular weight is 1160 g/mol. The van der Waals surface area contributed by atoms with Gasteiger partial charge in [-0.1, -0.05) is 72.0 Å². The summed E-state index contributed by atoms with van der Waals surface area (Å²) in [5, 5.41) is 86.2. The lowest BCUT2D eigenvalue weighted by atomic mass is 9.51. The summed E-state index contributed by atoms with van der Waals surface area (Å²) in [6.45, 7) is 3.90. The normalized spacial score (nSPS) is 35.1. The quantitative estimate of drug-likeness (QED) is 0.0353. The molecule has 16 atom stereocenters. The lowest BCUT2D eigenvalue weighted by Gasteiger charge is -2.53. The van der Waals surface area contributed by atoms with Gasteiger partial charge in [0, 0.05) is 66.4 Å². The smallest absolute Gasteiger partial charge is 0.235 e. The Labute approximate surface area is 488 Å². The summed E-state index contributed by atoms with van der Waals surface area (Å²) in [6.07, 6.45) is 13.3. The van der Waals surface area contributed by atoms with E-state index in [1.807, 2.05) is 6.07 Å². The van der Waals surface area contributed by atoms with Gasteiger partial charge in [0.25, 0.3) is 0 Å². The predicted octanol–water partition coefficient (Wildman–Crippen LogP) is 8.39. The van der Waals surface area contributed by atoms with Crippen LogP contribution in [0.25, 0.3) is 0 Å². The van der Waals surface area contributed by atoms with E-state index in [0.717, 1.165) is 88.3 Å². The molecule has 2 aromatic rings. The van der Waals surface area contributed by atoms with Gasteiger partial charge in [-0.05, 0) is 174 Å². The summed E-state index contributed by atoms with van der Waals surface area (Å²) in [5.74, 6) is 15.2. The van der Waals surface area contributed by atoms with E-state index in [9.17, 15) is 40.5 Å². The van der Waals surface area contributed by atoms with Crippen LogP contribution in [-0.2, 0) is 27.1 Å². The van der Waals surface area contributed by atoms with Crippen LogP contribution in [0.2, 0.25) is 0 Å². The Morgan fingerprint density at radius 3 is 2.35 bits per heavy atom. The lowest BCUT2D eigenvalue weighted by molar-refractivity contribution is -0.122. The molecular formula is C64H92N2O13S2. The number of carbonyl (C=O) groups is 1. The Morgan fingerprint density at radius 2 is 1.58 bits per heavy atom. The molecule has 0 aromatic heterocycles. The molecule has 17 heteroatoms. The third-order valence-corrected chi connectivity index (χ3v) is 22.3. The minimum atomic E-state index is -1.05. The van der Waals surface area contributed by atoms with Crippen LogP contribution in [-0.4, -0.2) is 137 Å². The number of methoxy groups -OCH3 is 2. The fraction of sp³-hybridized carbons (Fsp3) is 0.734. The third kappa shape index (κ3) is 15.3. The van der Waals surface area contributed by atoms with Gasteiger partial charge in [-0.2, -0.15) is 0 Å². The first-order valence-corrected chi connectivity index (χ1v) is 32.9. The molecule has 2 aromatic carbocycles. The molecule has 2 bridgehead atoms. The molecule has 4 aliphatic carbocycles. The van der Waals surface area contributed by atoms with Gasteiger partial charge in [0.2, 0.25) is 11.7 Å². The van der Waals surface area contributed by atoms with Crippen molar-refractivity contribution in [2.45, 2.75) is 190 Å². The molecule has 0 radical (unpaired) electrons. The number of phenolic OH excluding ortho intramolecular Hbond substituents is 2. The highest BCUT2D eigenvalue weighted by Gasteiger charge is 2.53. The van der Waals surface area contributed by atoms with Crippen molar-refractivity contribution in [3.8, 4) is 52.4 Å². The van der Waals surface area contributed by atoms with Crippen LogP contribution in [0.15, 0.2) is 24.3 Å². The monoisotopic (exact) mass is 1160 g/mol. The molecule has 81 heavy (non-hydrogen) atoms. The van der Waals surface area contributed by atoms with Crippen molar-refractivity contribution in [3.63, 3.8) is 0 Å². The van der Waals surface area contributed by atoms with Crippen molar-refractivity contribution in [1.29, 1.82) is 0 Å². The Morgan fingerprint density at radius 1 is 0.790 bits per heavy atom. The minimum Gasteiger partial charge on any atom is -0.504 e. The molecule has 16 unspecified atom stereocenters. The molecule has 7 aliphatic rings. The van der Waals surface area contributed by atoms with E-state index in [2.05, 4.69) is 41.2 Å². The summed E-state index contributed by atoms with van der Waals surface area (Å²) in [4.78, 5) is 13.7. The first-order chi connectivity index (χ1) is 39.3. The van der Waals surface area contributed by atoms with E-state index in [0.29, 0.717) is 74.5 Å². The highest BCUT2D eigenvalue weighted by Crippen LogP contribution is 2.57. The topological polar surface area (TPSA) is 229 Å². The molecule has 3 saturated carbocycles. The molecular weight excluding hydrogens is 1070 g/mol. The van der Waals surface area contributed by atoms with Gasteiger partial charge in [0.05, 0.1) is 50.8 Å². The Balaban J connectivity index is 0.955. The van der Waals surface area contributed by atoms with Gasteiger partial charge in [0.15, 0.2) is 23.0 Å². The molecule has 3 heterocycles. The zero-order chi connectivity index (χ0) is 57.0. The molecule has 9 rings (SSSR count). The number of fused-ring (bicyclic) bond motifs is 4. The Hall–Kier alpha value is -3.59.